The Morgan fingerprint density at radius 1 is 1.58 bits per heavy atom. The molecule has 3 heteroatoms. The van der Waals surface area contributed by atoms with Crippen molar-refractivity contribution >= 4 is 11.5 Å². The van der Waals surface area contributed by atoms with Crippen LogP contribution in [0.15, 0.2) is 18.2 Å². The standard InChI is InChI=1S/C9H6FNO/c1-2-8(12)6-4-3-5-7(10)9(6)11/h1,3-5H,11H2. The summed E-state index contributed by atoms with van der Waals surface area (Å²) in [5, 5.41) is 0. The van der Waals surface area contributed by atoms with Crippen LogP contribution in [0.3, 0.4) is 0 Å². The molecule has 0 aliphatic rings. The monoisotopic (exact) mass is 163 g/mol. The van der Waals surface area contributed by atoms with Crippen LogP contribution in [0.1, 0.15) is 10.4 Å². The molecule has 0 spiro atoms. The number of carbonyl (C=O) groups is 1. The predicted octanol–water partition coefficient (Wildman–Crippen LogP) is 1.22. The smallest absolute Gasteiger partial charge is 0.237 e. The Morgan fingerprint density at radius 3 is 2.83 bits per heavy atom. The number of ketones is 1. The van der Waals surface area contributed by atoms with Crippen molar-refractivity contribution in [3.8, 4) is 12.3 Å². The van der Waals surface area contributed by atoms with Crippen molar-refractivity contribution in [2.45, 2.75) is 0 Å². The van der Waals surface area contributed by atoms with Crippen molar-refractivity contribution in [1.29, 1.82) is 0 Å². The van der Waals surface area contributed by atoms with Gasteiger partial charge in [-0.15, -0.1) is 6.42 Å². The molecule has 0 saturated heterocycles. The van der Waals surface area contributed by atoms with Crippen molar-refractivity contribution in [3.63, 3.8) is 0 Å². The molecule has 0 amide bonds. The topological polar surface area (TPSA) is 43.1 Å². The summed E-state index contributed by atoms with van der Waals surface area (Å²) in [6.45, 7) is 0. The number of hydrogen-bond donors (Lipinski definition) is 1. The van der Waals surface area contributed by atoms with Crippen LogP contribution in [0.4, 0.5) is 10.1 Å². The Morgan fingerprint density at radius 2 is 2.25 bits per heavy atom. The Hall–Kier alpha value is -1.82. The van der Waals surface area contributed by atoms with E-state index in [9.17, 15) is 9.18 Å². The molecule has 2 N–H and O–H groups in total. The highest BCUT2D eigenvalue weighted by Gasteiger charge is 2.09. The molecule has 0 aliphatic carbocycles. The largest absolute Gasteiger partial charge is 0.396 e. The molecule has 0 heterocycles. The summed E-state index contributed by atoms with van der Waals surface area (Å²) in [6.07, 6.45) is 4.85. The molecular formula is C9H6FNO. The van der Waals surface area contributed by atoms with Gasteiger partial charge >= 0.3 is 0 Å². The predicted molar refractivity (Wildman–Crippen MR) is 44.0 cm³/mol. The maximum absolute atomic E-state index is 12.7. The maximum Gasteiger partial charge on any atom is 0.237 e. The number of para-hydroxylation sites is 1. The summed E-state index contributed by atoms with van der Waals surface area (Å²) >= 11 is 0. The first-order valence-corrected chi connectivity index (χ1v) is 3.21. The lowest BCUT2D eigenvalue weighted by Crippen LogP contribution is -2.02. The van der Waals surface area contributed by atoms with Gasteiger partial charge < -0.3 is 5.73 Å². The molecule has 1 rings (SSSR count). The second-order valence-electron chi connectivity index (χ2n) is 2.17. The summed E-state index contributed by atoms with van der Waals surface area (Å²) in [5.41, 5.74) is 5.11. The van der Waals surface area contributed by atoms with Crippen molar-refractivity contribution in [2.24, 2.45) is 0 Å². The Labute approximate surface area is 69.2 Å². The number of hydrogen-bond acceptors (Lipinski definition) is 2. The van der Waals surface area contributed by atoms with Crippen LogP contribution in [0, 0.1) is 18.2 Å². The van der Waals surface area contributed by atoms with E-state index in [-0.39, 0.29) is 11.3 Å². The minimum Gasteiger partial charge on any atom is -0.396 e. The van der Waals surface area contributed by atoms with Gasteiger partial charge in [-0.3, -0.25) is 4.79 Å². The Bertz CT molecular complexity index is 365. The van der Waals surface area contributed by atoms with Crippen LogP contribution in [0.5, 0.6) is 0 Å². The number of nitrogen functional groups attached to an aromatic ring is 1. The lowest BCUT2D eigenvalue weighted by atomic mass is 10.1. The van der Waals surface area contributed by atoms with Crippen LogP contribution in [0.2, 0.25) is 0 Å². The summed E-state index contributed by atoms with van der Waals surface area (Å²) < 4.78 is 12.7. The molecule has 0 bridgehead atoms. The number of benzene rings is 1. The van der Waals surface area contributed by atoms with Gasteiger partial charge in [-0.25, -0.2) is 4.39 Å². The van der Waals surface area contributed by atoms with E-state index in [0.29, 0.717) is 0 Å². The first-order chi connectivity index (χ1) is 5.66. The second kappa shape index (κ2) is 3.05. The van der Waals surface area contributed by atoms with Gasteiger partial charge in [-0.05, 0) is 18.1 Å². The average Bonchev–Trinajstić information content (AvgIpc) is 2.08. The van der Waals surface area contributed by atoms with Gasteiger partial charge in [0.15, 0.2) is 0 Å². The zero-order valence-electron chi connectivity index (χ0n) is 6.17. The van der Waals surface area contributed by atoms with E-state index in [1.807, 2.05) is 5.92 Å². The Kier molecular flexibility index (Phi) is 2.11. The van der Waals surface area contributed by atoms with E-state index in [0.717, 1.165) is 0 Å². The van der Waals surface area contributed by atoms with Gasteiger partial charge in [0.2, 0.25) is 5.78 Å². The molecule has 0 radical (unpaired) electrons. The summed E-state index contributed by atoms with van der Waals surface area (Å²) in [5.74, 6) is 0.630. The molecule has 0 aromatic heterocycles. The minimum absolute atomic E-state index is 0.0394. The average molecular weight is 163 g/mol. The van der Waals surface area contributed by atoms with Crippen LogP contribution in [0.25, 0.3) is 0 Å². The fourth-order valence-electron chi connectivity index (χ4n) is 0.813. The third-order valence-electron chi connectivity index (χ3n) is 1.43. The number of nitrogens with two attached hydrogens (primary N) is 1. The minimum atomic E-state index is -0.629. The number of anilines is 1. The molecule has 2 nitrogen and oxygen atoms in total. The molecule has 60 valence electrons. The fourth-order valence-corrected chi connectivity index (χ4v) is 0.813. The lowest BCUT2D eigenvalue weighted by Gasteiger charge is -2.00. The number of carbonyl (C=O) groups excluding carboxylic acids is 1. The normalized spacial score (nSPS) is 9.00. The second-order valence-corrected chi connectivity index (χ2v) is 2.17. The van der Waals surface area contributed by atoms with Gasteiger partial charge in [-0.2, -0.15) is 0 Å². The highest BCUT2D eigenvalue weighted by atomic mass is 19.1. The van der Waals surface area contributed by atoms with Crippen molar-refractivity contribution in [3.05, 3.63) is 29.6 Å². The maximum atomic E-state index is 12.7. The molecule has 0 atom stereocenters. The van der Waals surface area contributed by atoms with E-state index in [1.165, 1.54) is 18.2 Å². The van der Waals surface area contributed by atoms with Gasteiger partial charge in [0.25, 0.3) is 0 Å². The number of terminal acetylenes is 1. The molecule has 0 saturated carbocycles. The quantitative estimate of drug-likeness (QED) is 0.293. The fraction of sp³-hybridized carbons (Fsp3) is 0. The zero-order chi connectivity index (χ0) is 9.14. The third kappa shape index (κ3) is 1.28. The highest BCUT2D eigenvalue weighted by Crippen LogP contribution is 2.15. The first-order valence-electron chi connectivity index (χ1n) is 3.21. The molecular weight excluding hydrogens is 157 g/mol. The number of halogens is 1. The number of Topliss-reactive ketones (excluding diaryl/α,β-unsaturated/α-hetero) is 1. The third-order valence-corrected chi connectivity index (χ3v) is 1.43. The van der Waals surface area contributed by atoms with Crippen LogP contribution >= 0.6 is 0 Å². The molecule has 0 aliphatic heterocycles. The highest BCUT2D eigenvalue weighted by molar-refractivity contribution is 6.11. The van der Waals surface area contributed by atoms with Crippen molar-refractivity contribution < 1.29 is 9.18 Å². The summed E-state index contributed by atoms with van der Waals surface area (Å²) in [7, 11) is 0. The van der Waals surface area contributed by atoms with E-state index < -0.39 is 11.6 Å². The summed E-state index contributed by atoms with van der Waals surface area (Å²) in [6, 6.07) is 3.94. The van der Waals surface area contributed by atoms with Gasteiger partial charge in [0.05, 0.1) is 11.3 Å². The molecule has 0 unspecified atom stereocenters. The van der Waals surface area contributed by atoms with E-state index in [2.05, 4.69) is 0 Å². The first kappa shape index (κ1) is 8.28. The van der Waals surface area contributed by atoms with Crippen LogP contribution in [-0.2, 0) is 0 Å². The van der Waals surface area contributed by atoms with E-state index in [1.54, 1.807) is 0 Å². The lowest BCUT2D eigenvalue weighted by molar-refractivity contribution is 0.105. The molecule has 1 aromatic carbocycles. The van der Waals surface area contributed by atoms with Crippen molar-refractivity contribution in [2.75, 3.05) is 5.73 Å². The zero-order valence-corrected chi connectivity index (χ0v) is 6.17. The SMILES string of the molecule is C#CC(=O)c1cccc(F)c1N. The number of rotatable bonds is 1. The van der Waals surface area contributed by atoms with Crippen LogP contribution in [-0.4, -0.2) is 5.78 Å². The van der Waals surface area contributed by atoms with Crippen LogP contribution < -0.4 is 5.73 Å². The Balaban J connectivity index is 3.28. The molecule has 1 aromatic rings. The summed E-state index contributed by atoms with van der Waals surface area (Å²) in [4.78, 5) is 10.9. The molecule has 12 heavy (non-hydrogen) atoms. The van der Waals surface area contributed by atoms with Crippen molar-refractivity contribution in [1.82, 2.24) is 0 Å². The molecule has 0 fully saturated rings. The van der Waals surface area contributed by atoms with E-state index in [4.69, 9.17) is 12.2 Å². The van der Waals surface area contributed by atoms with Gasteiger partial charge in [0.1, 0.15) is 5.82 Å². The van der Waals surface area contributed by atoms with Gasteiger partial charge in [0, 0.05) is 0 Å². The van der Waals surface area contributed by atoms with E-state index >= 15 is 0 Å². The van der Waals surface area contributed by atoms with Gasteiger partial charge in [-0.1, -0.05) is 6.07 Å².